The van der Waals surface area contributed by atoms with Gasteiger partial charge in [-0.3, -0.25) is 0 Å². The lowest BCUT2D eigenvalue weighted by atomic mass is 9.67. The Hall–Kier alpha value is -10.7. The van der Waals surface area contributed by atoms with Crippen LogP contribution in [0.1, 0.15) is 48.8 Å². The second-order valence-corrected chi connectivity index (χ2v) is 28.7. The molecule has 1 fully saturated rings. The molecule has 14 aromatic carbocycles. The zero-order chi connectivity index (χ0) is 59.5. The van der Waals surface area contributed by atoms with Gasteiger partial charge in [-0.15, -0.1) is 0 Å². The van der Waals surface area contributed by atoms with E-state index in [1.807, 2.05) is 0 Å². The Morgan fingerprint density at radius 2 is 0.767 bits per heavy atom. The fourth-order valence-corrected chi connectivity index (χ4v) is 21.2. The van der Waals surface area contributed by atoms with Gasteiger partial charge in [0.15, 0.2) is 19.2 Å². The minimum absolute atomic E-state index is 0.268. The van der Waals surface area contributed by atoms with E-state index in [0.29, 0.717) is 0 Å². The van der Waals surface area contributed by atoms with Crippen LogP contribution in [0.3, 0.4) is 0 Å². The van der Waals surface area contributed by atoms with Gasteiger partial charge in [0.2, 0.25) is 0 Å². The summed E-state index contributed by atoms with van der Waals surface area (Å²) in [4.78, 5) is 5.05. The average Bonchev–Trinajstić information content (AvgIpc) is 1.51. The van der Waals surface area contributed by atoms with Crippen molar-refractivity contribution in [2.45, 2.75) is 44.4 Å². The van der Waals surface area contributed by atoms with Crippen molar-refractivity contribution < 1.29 is 8.83 Å². The molecule has 0 bridgehead atoms. The third kappa shape index (κ3) is 7.72. The zero-order valence-electron chi connectivity index (χ0n) is 50.0. The SMILES string of the molecule is Cc1cccc2c1oc1c(N(c3cccc4ccccc34)c3cc4c(c5ccccc35)-c3ccc(N(c5cccc6ccccc56)c5cccc6c5oc5c([Si](c7ccccc7)(c7ccccc7)c7ccccc7)cccc56)cc3C43CCCCC3)cccc12. The van der Waals surface area contributed by atoms with Gasteiger partial charge in [-0.05, 0) is 127 Å². The maximum Gasteiger partial charge on any atom is 0.184 e. The Kier molecular flexibility index (Phi) is 12.1. The number of para-hydroxylation sites is 4. The fraction of sp³-hybridized carbons (Fsp3) is 0.0824. The summed E-state index contributed by atoms with van der Waals surface area (Å²) >= 11 is 0. The number of rotatable bonds is 10. The van der Waals surface area contributed by atoms with Crippen LogP contribution >= 0.6 is 0 Å². The third-order valence-corrected chi connectivity index (χ3v) is 25.1. The molecule has 428 valence electrons. The highest BCUT2D eigenvalue weighted by molar-refractivity contribution is 7.20. The number of fused-ring (bicyclic) bond motifs is 15. The molecule has 0 aliphatic heterocycles. The van der Waals surface area contributed by atoms with E-state index in [4.69, 9.17) is 8.83 Å². The predicted octanol–water partition coefficient (Wildman–Crippen LogP) is 20.8. The summed E-state index contributed by atoms with van der Waals surface area (Å²) in [5.41, 5.74) is 16.4. The number of hydrogen-bond acceptors (Lipinski definition) is 4. The predicted molar refractivity (Wildman–Crippen MR) is 381 cm³/mol. The first-order chi connectivity index (χ1) is 44.6. The van der Waals surface area contributed by atoms with E-state index in [-0.39, 0.29) is 5.41 Å². The van der Waals surface area contributed by atoms with Crippen molar-refractivity contribution in [2.75, 3.05) is 9.80 Å². The first-order valence-electron chi connectivity index (χ1n) is 31.9. The van der Waals surface area contributed by atoms with E-state index in [9.17, 15) is 0 Å². The van der Waals surface area contributed by atoms with E-state index >= 15 is 0 Å². The van der Waals surface area contributed by atoms with Gasteiger partial charge in [-0.2, -0.15) is 0 Å². The summed E-state index contributed by atoms with van der Waals surface area (Å²) in [7, 11) is -3.02. The molecule has 2 aliphatic rings. The molecule has 16 aromatic rings. The molecule has 5 heteroatoms. The summed E-state index contributed by atoms with van der Waals surface area (Å²) < 4.78 is 14.9. The Bertz CT molecular complexity index is 5400. The smallest absolute Gasteiger partial charge is 0.184 e. The van der Waals surface area contributed by atoms with Gasteiger partial charge in [0, 0.05) is 48.8 Å². The van der Waals surface area contributed by atoms with Crippen LogP contribution in [0.5, 0.6) is 0 Å². The van der Waals surface area contributed by atoms with Gasteiger partial charge in [0.25, 0.3) is 0 Å². The van der Waals surface area contributed by atoms with Crippen LogP contribution in [0.2, 0.25) is 0 Å². The van der Waals surface area contributed by atoms with Gasteiger partial charge < -0.3 is 18.6 Å². The van der Waals surface area contributed by atoms with Crippen LogP contribution in [0.25, 0.3) is 87.3 Å². The van der Waals surface area contributed by atoms with E-state index < -0.39 is 8.07 Å². The molecular formula is C85H62N2O2Si. The second kappa shape index (κ2) is 20.7. The van der Waals surface area contributed by atoms with Crippen LogP contribution in [0, 0.1) is 6.92 Å². The number of nitrogens with zero attached hydrogens (tertiary/aromatic N) is 2. The number of anilines is 6. The summed E-state index contributed by atoms with van der Waals surface area (Å²) in [6.07, 6.45) is 5.59. The van der Waals surface area contributed by atoms with Crippen LogP contribution in [-0.4, -0.2) is 8.07 Å². The maximum absolute atomic E-state index is 7.79. The van der Waals surface area contributed by atoms with E-state index in [1.54, 1.807) is 0 Å². The third-order valence-electron chi connectivity index (χ3n) is 20.3. The summed E-state index contributed by atoms with van der Waals surface area (Å²) in [5.74, 6) is 0. The molecule has 0 unspecified atom stereocenters. The topological polar surface area (TPSA) is 32.8 Å². The molecule has 90 heavy (non-hydrogen) atoms. The first kappa shape index (κ1) is 52.4. The number of hydrogen-bond donors (Lipinski definition) is 0. The zero-order valence-corrected chi connectivity index (χ0v) is 51.0. The molecule has 0 N–H and O–H groups in total. The van der Waals surface area contributed by atoms with Crippen molar-refractivity contribution in [3.05, 3.63) is 314 Å². The van der Waals surface area contributed by atoms with Crippen molar-refractivity contribution in [3.8, 4) is 11.1 Å². The largest absolute Gasteiger partial charge is 0.454 e. The molecule has 2 aliphatic carbocycles. The summed E-state index contributed by atoms with van der Waals surface area (Å²) in [6, 6.07) is 111. The Morgan fingerprint density at radius 3 is 1.38 bits per heavy atom. The lowest BCUT2D eigenvalue weighted by Crippen LogP contribution is -2.74. The van der Waals surface area contributed by atoms with Crippen LogP contribution in [0.15, 0.2) is 306 Å². The Labute approximate surface area is 524 Å². The minimum atomic E-state index is -3.02. The fourth-order valence-electron chi connectivity index (χ4n) is 16.4. The quantitative estimate of drug-likeness (QED) is 0.101. The molecule has 0 radical (unpaired) electrons. The van der Waals surface area contributed by atoms with Gasteiger partial charge in [-0.1, -0.05) is 274 Å². The normalized spacial score (nSPS) is 13.7. The number of aryl methyl sites for hydroxylation is 1. The maximum atomic E-state index is 7.79. The molecule has 2 aromatic heterocycles. The summed E-state index contributed by atoms with van der Waals surface area (Å²) in [5, 5.41) is 16.8. The van der Waals surface area contributed by atoms with Crippen molar-refractivity contribution in [3.63, 3.8) is 0 Å². The van der Waals surface area contributed by atoms with E-state index in [1.165, 1.54) is 81.7 Å². The van der Waals surface area contributed by atoms with Crippen molar-refractivity contribution in [1.29, 1.82) is 0 Å². The highest BCUT2D eigenvalue weighted by Crippen LogP contribution is 2.61. The first-order valence-corrected chi connectivity index (χ1v) is 33.9. The molecular weight excluding hydrogens is 1110 g/mol. The molecule has 0 atom stereocenters. The molecule has 0 saturated heterocycles. The number of furan rings is 2. The van der Waals surface area contributed by atoms with Gasteiger partial charge in [-0.25, -0.2) is 0 Å². The van der Waals surface area contributed by atoms with Crippen LogP contribution in [-0.2, 0) is 5.41 Å². The van der Waals surface area contributed by atoms with Crippen molar-refractivity contribution >= 4 is 139 Å². The van der Waals surface area contributed by atoms with Crippen molar-refractivity contribution in [1.82, 2.24) is 0 Å². The Morgan fingerprint density at radius 1 is 0.322 bits per heavy atom. The summed E-state index contributed by atoms with van der Waals surface area (Å²) in [6.45, 7) is 2.15. The standard InChI is InChI=1S/C85H62N2O2Si/c1-56-26-20-41-67-68-42-24-48-77(83(68)88-81(56)67)87(75-46-22-30-58-28-13-15-38-64(58)75)78-55-73-80(66-40-17-16-39-65(66)78)71-51-50-59(54-72(71)85(73)52-18-5-19-53-85)86(74-45-21-29-57-27-12-14-37-63(57)74)76-47-23-43-69-70-44-25-49-79(84(70)89-82(69)76)90(60-31-6-2-7-32-60,61-33-8-3-9-34-61)62-35-10-4-11-36-62/h2-4,6-17,20-51,54-55H,5,18-19,52-53H2,1H3. The monoisotopic (exact) mass is 1170 g/mol. The highest BCUT2D eigenvalue weighted by Gasteiger charge is 2.47. The molecule has 1 saturated carbocycles. The van der Waals surface area contributed by atoms with Gasteiger partial charge >= 0.3 is 0 Å². The second-order valence-electron chi connectivity index (χ2n) is 24.9. The molecule has 4 nitrogen and oxygen atoms in total. The lowest BCUT2D eigenvalue weighted by Gasteiger charge is -2.37. The molecule has 18 rings (SSSR count). The van der Waals surface area contributed by atoms with E-state index in [2.05, 4.69) is 314 Å². The highest BCUT2D eigenvalue weighted by atomic mass is 28.3. The lowest BCUT2D eigenvalue weighted by molar-refractivity contribution is 0.353. The average molecular weight is 1170 g/mol. The minimum Gasteiger partial charge on any atom is -0.454 e. The molecule has 1 spiro atoms. The van der Waals surface area contributed by atoms with Gasteiger partial charge in [0.1, 0.15) is 11.2 Å². The molecule has 0 amide bonds. The molecule has 2 heterocycles. The number of benzene rings is 14. The van der Waals surface area contributed by atoms with Crippen molar-refractivity contribution in [2.24, 2.45) is 0 Å². The van der Waals surface area contributed by atoms with Gasteiger partial charge in [0.05, 0.1) is 28.4 Å². The van der Waals surface area contributed by atoms with Crippen LogP contribution < -0.4 is 30.5 Å². The van der Waals surface area contributed by atoms with Crippen LogP contribution in [0.4, 0.5) is 34.1 Å². The Balaban J connectivity index is 0.881. The van der Waals surface area contributed by atoms with E-state index in [0.717, 1.165) is 109 Å².